The molecule has 7 heteroatoms. The Hall–Kier alpha value is -2.54. The van der Waals surface area contributed by atoms with Crippen LogP contribution in [0.25, 0.3) is 0 Å². The molecule has 1 atom stereocenters. The van der Waals surface area contributed by atoms with Crippen LogP contribution in [0.15, 0.2) is 47.5 Å². The molecule has 1 aliphatic rings. The van der Waals surface area contributed by atoms with Crippen molar-refractivity contribution in [2.75, 3.05) is 0 Å². The number of nitrogens with one attached hydrogen (secondary N) is 1. The number of aliphatic hydroxyl groups is 1. The van der Waals surface area contributed by atoms with Crippen molar-refractivity contribution in [3.8, 4) is 0 Å². The van der Waals surface area contributed by atoms with Crippen LogP contribution in [-0.2, 0) is 11.3 Å². The SMILES string of the molecule is O=C(Cn1ccc(=O)cc1)N[C@@H](c1ccc(F)cc1F)C1CC(O)C1. The van der Waals surface area contributed by atoms with E-state index in [2.05, 4.69) is 5.32 Å². The molecule has 1 heterocycles. The minimum atomic E-state index is -0.727. The molecule has 1 amide bonds. The molecule has 0 bridgehead atoms. The average Bonchev–Trinajstić information content (AvgIpc) is 2.53. The molecule has 3 rings (SSSR count). The van der Waals surface area contributed by atoms with Crippen LogP contribution >= 0.6 is 0 Å². The van der Waals surface area contributed by atoms with E-state index < -0.39 is 23.8 Å². The third kappa shape index (κ3) is 4.11. The molecule has 1 fully saturated rings. The first kappa shape index (κ1) is 17.3. The van der Waals surface area contributed by atoms with Crippen LogP contribution in [0.1, 0.15) is 24.4 Å². The summed E-state index contributed by atoms with van der Waals surface area (Å²) in [7, 11) is 0. The van der Waals surface area contributed by atoms with Crippen LogP contribution in [0.3, 0.4) is 0 Å². The zero-order valence-corrected chi connectivity index (χ0v) is 13.4. The number of halogens is 2. The van der Waals surface area contributed by atoms with Crippen LogP contribution in [0, 0.1) is 17.6 Å². The standard InChI is InChI=1S/C18H18F2N2O3/c19-12-1-2-15(16(20)9-12)18(11-7-14(24)8-11)21-17(25)10-22-5-3-13(23)4-6-22/h1-6,9,11,14,18,24H,7-8,10H2,(H,21,25)/t11?,14?,18-/m1/s1. The molecule has 0 aliphatic heterocycles. The Morgan fingerprint density at radius 3 is 2.52 bits per heavy atom. The molecule has 132 valence electrons. The summed E-state index contributed by atoms with van der Waals surface area (Å²) in [6.07, 6.45) is 3.40. The molecule has 0 unspecified atom stereocenters. The van der Waals surface area contributed by atoms with Gasteiger partial charge in [-0.2, -0.15) is 0 Å². The van der Waals surface area contributed by atoms with Gasteiger partial charge in [-0.1, -0.05) is 6.07 Å². The Balaban J connectivity index is 1.76. The van der Waals surface area contributed by atoms with Crippen LogP contribution in [0.5, 0.6) is 0 Å². The van der Waals surface area contributed by atoms with Gasteiger partial charge in [0.2, 0.25) is 5.91 Å². The van der Waals surface area contributed by atoms with Crippen molar-refractivity contribution in [2.24, 2.45) is 5.92 Å². The van der Waals surface area contributed by atoms with E-state index in [0.717, 1.165) is 12.1 Å². The van der Waals surface area contributed by atoms with Crippen LogP contribution in [0.4, 0.5) is 8.78 Å². The Morgan fingerprint density at radius 2 is 1.92 bits per heavy atom. The van der Waals surface area contributed by atoms with Gasteiger partial charge >= 0.3 is 0 Å². The fourth-order valence-corrected chi connectivity index (χ4v) is 3.04. The topological polar surface area (TPSA) is 71.3 Å². The highest BCUT2D eigenvalue weighted by molar-refractivity contribution is 5.76. The summed E-state index contributed by atoms with van der Waals surface area (Å²) in [6.45, 7) is -0.0329. The minimum Gasteiger partial charge on any atom is -0.393 e. The van der Waals surface area contributed by atoms with Crippen molar-refractivity contribution in [1.29, 1.82) is 0 Å². The van der Waals surface area contributed by atoms with Crippen LogP contribution in [0.2, 0.25) is 0 Å². The molecule has 0 saturated heterocycles. The smallest absolute Gasteiger partial charge is 0.240 e. The molecule has 5 nitrogen and oxygen atoms in total. The molecule has 2 aromatic rings. The van der Waals surface area contributed by atoms with Crippen LogP contribution < -0.4 is 10.7 Å². The monoisotopic (exact) mass is 348 g/mol. The molecule has 25 heavy (non-hydrogen) atoms. The summed E-state index contributed by atoms with van der Waals surface area (Å²) in [5, 5.41) is 12.3. The number of amides is 1. The third-order valence-electron chi connectivity index (χ3n) is 4.42. The third-order valence-corrected chi connectivity index (χ3v) is 4.42. The molecular weight excluding hydrogens is 330 g/mol. The molecule has 1 aromatic carbocycles. The fourth-order valence-electron chi connectivity index (χ4n) is 3.04. The fraction of sp³-hybridized carbons (Fsp3) is 0.333. The van der Waals surface area contributed by atoms with E-state index >= 15 is 0 Å². The van der Waals surface area contributed by atoms with Gasteiger partial charge < -0.3 is 15.0 Å². The van der Waals surface area contributed by atoms with Crippen molar-refractivity contribution >= 4 is 5.91 Å². The second-order valence-corrected chi connectivity index (χ2v) is 6.30. The van der Waals surface area contributed by atoms with E-state index in [1.54, 1.807) is 0 Å². The van der Waals surface area contributed by atoms with Gasteiger partial charge in [-0.25, -0.2) is 8.78 Å². The second-order valence-electron chi connectivity index (χ2n) is 6.30. The number of hydrogen-bond acceptors (Lipinski definition) is 3. The van der Waals surface area contributed by atoms with Crippen molar-refractivity contribution in [3.05, 3.63) is 70.1 Å². The quantitative estimate of drug-likeness (QED) is 0.865. The average molecular weight is 348 g/mol. The number of benzene rings is 1. The lowest BCUT2D eigenvalue weighted by atomic mass is 9.75. The number of pyridine rings is 1. The predicted molar refractivity (Wildman–Crippen MR) is 86.7 cm³/mol. The first-order chi connectivity index (χ1) is 11.9. The summed E-state index contributed by atoms with van der Waals surface area (Å²) in [5.74, 6) is -1.89. The Bertz CT molecular complexity index is 811. The number of carbonyl (C=O) groups excluding carboxylic acids is 1. The molecule has 1 aliphatic carbocycles. The van der Waals surface area contributed by atoms with Gasteiger partial charge in [0.1, 0.15) is 18.2 Å². The number of aromatic nitrogens is 1. The lowest BCUT2D eigenvalue weighted by molar-refractivity contribution is -0.123. The summed E-state index contributed by atoms with van der Waals surface area (Å²) in [6, 6.07) is 5.29. The maximum absolute atomic E-state index is 14.1. The number of carbonyl (C=O) groups is 1. The highest BCUT2D eigenvalue weighted by Crippen LogP contribution is 2.39. The van der Waals surface area contributed by atoms with Gasteiger partial charge in [0.25, 0.3) is 0 Å². The zero-order valence-electron chi connectivity index (χ0n) is 13.4. The van der Waals surface area contributed by atoms with E-state index in [1.165, 1.54) is 35.2 Å². The predicted octanol–water partition coefficient (Wildman–Crippen LogP) is 1.75. The normalized spacial score (nSPS) is 20.6. The van der Waals surface area contributed by atoms with E-state index in [0.29, 0.717) is 12.8 Å². The molecule has 1 saturated carbocycles. The molecule has 2 N–H and O–H groups in total. The summed E-state index contributed by atoms with van der Waals surface area (Å²) >= 11 is 0. The molecule has 0 spiro atoms. The van der Waals surface area contributed by atoms with E-state index in [4.69, 9.17) is 0 Å². The lowest BCUT2D eigenvalue weighted by Crippen LogP contribution is -2.42. The van der Waals surface area contributed by atoms with E-state index in [9.17, 15) is 23.5 Å². The van der Waals surface area contributed by atoms with Gasteiger partial charge in [-0.05, 0) is 24.8 Å². The first-order valence-corrected chi connectivity index (χ1v) is 8.01. The zero-order chi connectivity index (χ0) is 18.0. The Kier molecular flexibility index (Phi) is 4.94. The summed E-state index contributed by atoms with van der Waals surface area (Å²) < 4.78 is 28.8. The summed E-state index contributed by atoms with van der Waals surface area (Å²) in [4.78, 5) is 23.4. The Morgan fingerprint density at radius 1 is 1.24 bits per heavy atom. The Labute approximate surface area is 142 Å². The second kappa shape index (κ2) is 7.14. The van der Waals surface area contributed by atoms with Gasteiger partial charge in [0, 0.05) is 36.2 Å². The number of nitrogens with zero attached hydrogens (tertiary/aromatic N) is 1. The molecular formula is C18H18F2N2O3. The van der Waals surface area contributed by atoms with Gasteiger partial charge in [0.05, 0.1) is 12.1 Å². The maximum Gasteiger partial charge on any atom is 0.240 e. The largest absolute Gasteiger partial charge is 0.393 e. The molecule has 0 radical (unpaired) electrons. The maximum atomic E-state index is 14.1. The highest BCUT2D eigenvalue weighted by atomic mass is 19.1. The van der Waals surface area contributed by atoms with E-state index in [1.807, 2.05) is 0 Å². The van der Waals surface area contributed by atoms with Gasteiger partial charge in [-0.3, -0.25) is 9.59 Å². The van der Waals surface area contributed by atoms with Gasteiger partial charge in [0.15, 0.2) is 5.43 Å². The minimum absolute atomic E-state index is 0.0329. The van der Waals surface area contributed by atoms with Crippen LogP contribution in [-0.4, -0.2) is 21.7 Å². The first-order valence-electron chi connectivity index (χ1n) is 8.01. The number of rotatable bonds is 5. The lowest BCUT2D eigenvalue weighted by Gasteiger charge is -2.38. The number of hydrogen-bond donors (Lipinski definition) is 2. The number of aliphatic hydroxyl groups excluding tert-OH is 1. The van der Waals surface area contributed by atoms with Gasteiger partial charge in [-0.15, -0.1) is 0 Å². The van der Waals surface area contributed by atoms with Crippen molar-refractivity contribution < 1.29 is 18.7 Å². The van der Waals surface area contributed by atoms with E-state index in [-0.39, 0.29) is 29.4 Å². The van der Waals surface area contributed by atoms with Crippen molar-refractivity contribution in [3.63, 3.8) is 0 Å². The highest BCUT2D eigenvalue weighted by Gasteiger charge is 2.36. The molecule has 1 aromatic heterocycles. The summed E-state index contributed by atoms with van der Waals surface area (Å²) in [5.41, 5.74) is 0.0397. The van der Waals surface area contributed by atoms with Crippen molar-refractivity contribution in [1.82, 2.24) is 9.88 Å². The van der Waals surface area contributed by atoms with Crippen molar-refractivity contribution in [2.45, 2.75) is 31.5 Å².